The van der Waals surface area contributed by atoms with Crippen molar-refractivity contribution < 1.29 is 4.74 Å². The third kappa shape index (κ3) is 3.07. The Labute approximate surface area is 311 Å². The van der Waals surface area contributed by atoms with Crippen molar-refractivity contribution in [3.63, 3.8) is 0 Å². The molecule has 0 aliphatic carbocycles. The van der Waals surface area contributed by atoms with Crippen molar-refractivity contribution >= 4 is 107 Å². The first-order valence-corrected chi connectivity index (χ1v) is 18.9. The molecule has 4 aliphatic rings. The van der Waals surface area contributed by atoms with Crippen molar-refractivity contribution in [2.45, 2.75) is 0 Å². The predicted octanol–water partition coefficient (Wildman–Crippen LogP) is 7.43. The average molecular weight is 683 g/mol. The second-order valence-corrected chi connectivity index (χ2v) is 15.1. The Hall–Kier alpha value is -6.91. The molecule has 10 aromatic rings. The van der Waals surface area contributed by atoms with Crippen molar-refractivity contribution in [1.82, 2.24) is 9.13 Å². The minimum atomic E-state index is -0.0234. The molecule has 6 heterocycles. The van der Waals surface area contributed by atoms with Crippen LogP contribution in [-0.4, -0.2) is 22.6 Å². The molecule has 0 saturated heterocycles. The fraction of sp³-hybridized carbons (Fsp3) is 0. The molecular weight excluding hydrogens is 656 g/mol. The number of benzene rings is 8. The molecule has 14 rings (SSSR count). The maximum atomic E-state index is 7.43. The molecule has 0 amide bonds. The number of fused-ring (bicyclic) bond motifs is 16. The molecule has 4 nitrogen and oxygen atoms in total. The first-order chi connectivity index (χ1) is 26.9. The van der Waals surface area contributed by atoms with E-state index in [9.17, 15) is 0 Å². The molecular formula is C48H27B2N3O. The van der Waals surface area contributed by atoms with Crippen LogP contribution in [0, 0.1) is 0 Å². The lowest BCUT2D eigenvalue weighted by molar-refractivity contribution is 0.488. The van der Waals surface area contributed by atoms with Gasteiger partial charge in [-0.2, -0.15) is 0 Å². The molecule has 0 atom stereocenters. The van der Waals surface area contributed by atoms with Crippen LogP contribution in [0.1, 0.15) is 0 Å². The van der Waals surface area contributed by atoms with Crippen LogP contribution in [0.25, 0.3) is 55.0 Å². The quantitative estimate of drug-likeness (QED) is 0.168. The summed E-state index contributed by atoms with van der Waals surface area (Å²) in [6.45, 7) is -0.0355. The van der Waals surface area contributed by atoms with Crippen LogP contribution in [0.3, 0.4) is 0 Å². The normalized spacial score (nSPS) is 14.0. The van der Waals surface area contributed by atoms with Crippen LogP contribution < -0.4 is 42.4 Å². The number of para-hydroxylation sites is 7. The lowest BCUT2D eigenvalue weighted by atomic mass is 9.31. The summed E-state index contributed by atoms with van der Waals surface area (Å²) in [4.78, 5) is 2.49. The highest BCUT2D eigenvalue weighted by molar-refractivity contribution is 7.02. The molecule has 8 aromatic carbocycles. The molecule has 6 heteroatoms. The largest absolute Gasteiger partial charge is 0.456 e. The third-order valence-corrected chi connectivity index (χ3v) is 12.7. The monoisotopic (exact) mass is 683 g/mol. The molecule has 0 radical (unpaired) electrons. The van der Waals surface area contributed by atoms with Gasteiger partial charge in [0.2, 0.25) is 0 Å². The summed E-state index contributed by atoms with van der Waals surface area (Å²) in [5, 5.41) is 5.12. The van der Waals surface area contributed by atoms with Gasteiger partial charge in [-0.15, -0.1) is 0 Å². The van der Waals surface area contributed by atoms with Crippen molar-refractivity contribution in [3.05, 3.63) is 164 Å². The van der Waals surface area contributed by atoms with Crippen molar-refractivity contribution in [2.75, 3.05) is 4.90 Å². The number of anilines is 3. The molecule has 0 N–H and O–H groups in total. The zero-order valence-corrected chi connectivity index (χ0v) is 29.0. The van der Waals surface area contributed by atoms with Gasteiger partial charge in [0.1, 0.15) is 11.5 Å². The molecule has 0 spiro atoms. The molecule has 4 aliphatic heterocycles. The number of nitrogens with zero attached hydrogens (tertiary/aromatic N) is 3. The second-order valence-electron chi connectivity index (χ2n) is 15.1. The maximum Gasteiger partial charge on any atom is 0.256 e. The lowest BCUT2D eigenvalue weighted by Gasteiger charge is -2.45. The van der Waals surface area contributed by atoms with Gasteiger partial charge in [0.05, 0.1) is 28.1 Å². The van der Waals surface area contributed by atoms with Crippen LogP contribution in [0.15, 0.2) is 164 Å². The van der Waals surface area contributed by atoms with E-state index in [4.69, 9.17) is 4.74 Å². The number of hydrogen-bond acceptors (Lipinski definition) is 2. The Morgan fingerprint density at radius 3 is 1.61 bits per heavy atom. The van der Waals surface area contributed by atoms with E-state index in [0.29, 0.717) is 0 Å². The van der Waals surface area contributed by atoms with Gasteiger partial charge >= 0.3 is 0 Å². The molecule has 2 aromatic heterocycles. The van der Waals surface area contributed by atoms with Gasteiger partial charge in [-0.25, -0.2) is 0 Å². The van der Waals surface area contributed by atoms with Crippen molar-refractivity contribution in [2.24, 2.45) is 0 Å². The Balaban J connectivity index is 1.30. The lowest BCUT2D eigenvalue weighted by Crippen LogP contribution is -2.64. The fourth-order valence-electron chi connectivity index (χ4n) is 10.8. The summed E-state index contributed by atoms with van der Waals surface area (Å²) in [5.74, 6) is 1.87. The maximum absolute atomic E-state index is 7.43. The standard InChI is InChI=1S/C48H27B2N3O/c1-2-14-28(15-3-1)51-39-26-10-6-20-33(39)49-35-22-12-18-31-29-16-4-8-24-37(29)52(43(31)35)45-41(49)47(51)48-42-46(45)53-38-25-9-5-17-30(38)32-19-13-23-36(44(32)53)50(42)34-21-7-11-27-40(34)54-48/h1-27H. The first-order valence-electron chi connectivity index (χ1n) is 18.9. The van der Waals surface area contributed by atoms with Crippen LogP contribution in [0.2, 0.25) is 0 Å². The predicted molar refractivity (Wildman–Crippen MR) is 226 cm³/mol. The van der Waals surface area contributed by atoms with Gasteiger partial charge in [-0.3, -0.25) is 0 Å². The van der Waals surface area contributed by atoms with Crippen molar-refractivity contribution in [1.29, 1.82) is 0 Å². The topological polar surface area (TPSA) is 22.3 Å². The van der Waals surface area contributed by atoms with Gasteiger partial charge in [-0.1, -0.05) is 127 Å². The average Bonchev–Trinajstić information content (AvgIpc) is 3.76. The third-order valence-electron chi connectivity index (χ3n) is 12.7. The Kier molecular flexibility index (Phi) is 4.90. The molecule has 54 heavy (non-hydrogen) atoms. The van der Waals surface area contributed by atoms with E-state index < -0.39 is 0 Å². The van der Waals surface area contributed by atoms with E-state index in [1.807, 2.05) is 0 Å². The van der Waals surface area contributed by atoms with Crippen LogP contribution >= 0.6 is 0 Å². The van der Waals surface area contributed by atoms with Gasteiger partial charge in [0.25, 0.3) is 13.4 Å². The Morgan fingerprint density at radius 2 is 0.907 bits per heavy atom. The molecule has 246 valence electrons. The van der Waals surface area contributed by atoms with Crippen LogP contribution in [0.4, 0.5) is 17.1 Å². The highest BCUT2D eigenvalue weighted by Crippen LogP contribution is 2.50. The van der Waals surface area contributed by atoms with E-state index in [1.54, 1.807) is 0 Å². The molecule has 0 saturated carbocycles. The van der Waals surface area contributed by atoms with Gasteiger partial charge in [-0.05, 0) is 63.7 Å². The van der Waals surface area contributed by atoms with Gasteiger partial charge < -0.3 is 18.8 Å². The molecule has 0 bridgehead atoms. The van der Waals surface area contributed by atoms with E-state index in [2.05, 4.69) is 178 Å². The Morgan fingerprint density at radius 1 is 0.389 bits per heavy atom. The SMILES string of the molecule is c1ccc(N2c3ccccc3B3c4c2c2c5c(c4-n4c6ccccc6c6cccc3c64)-n3c4ccccc4c4cccc(c43)B5c3ccccc3O2)cc1. The minimum Gasteiger partial charge on any atom is -0.456 e. The van der Waals surface area contributed by atoms with Crippen LogP contribution in [0.5, 0.6) is 11.5 Å². The van der Waals surface area contributed by atoms with E-state index in [0.717, 1.165) is 22.9 Å². The highest BCUT2D eigenvalue weighted by atomic mass is 16.5. The zero-order valence-electron chi connectivity index (χ0n) is 29.0. The Bertz CT molecular complexity index is 3340. The van der Waals surface area contributed by atoms with Crippen molar-refractivity contribution in [3.8, 4) is 22.9 Å². The minimum absolute atomic E-state index is 0.0121. The van der Waals surface area contributed by atoms with E-state index in [1.165, 1.54) is 93.5 Å². The zero-order chi connectivity index (χ0) is 34.8. The van der Waals surface area contributed by atoms with Gasteiger partial charge in [0.15, 0.2) is 0 Å². The summed E-state index contributed by atoms with van der Waals surface area (Å²) in [7, 11) is 0. The number of aromatic nitrogens is 2. The summed E-state index contributed by atoms with van der Waals surface area (Å²) in [6, 6.07) is 60.5. The molecule has 0 unspecified atom stereocenters. The molecule has 0 fully saturated rings. The van der Waals surface area contributed by atoms with Gasteiger partial charge in [0, 0.05) is 49.4 Å². The van der Waals surface area contributed by atoms with Crippen LogP contribution in [-0.2, 0) is 0 Å². The number of hydrogen-bond donors (Lipinski definition) is 0. The van der Waals surface area contributed by atoms with E-state index >= 15 is 0 Å². The summed E-state index contributed by atoms with van der Waals surface area (Å²) in [5.41, 5.74) is 18.6. The fourth-order valence-corrected chi connectivity index (χ4v) is 10.8. The summed E-state index contributed by atoms with van der Waals surface area (Å²) < 4.78 is 12.6. The first kappa shape index (κ1) is 27.7. The number of rotatable bonds is 1. The second kappa shape index (κ2) is 9.54. The smallest absolute Gasteiger partial charge is 0.256 e. The number of ether oxygens (including phenoxy) is 1. The summed E-state index contributed by atoms with van der Waals surface area (Å²) in [6.07, 6.45) is 0. The summed E-state index contributed by atoms with van der Waals surface area (Å²) >= 11 is 0. The highest BCUT2D eigenvalue weighted by Gasteiger charge is 2.50. The van der Waals surface area contributed by atoms with E-state index in [-0.39, 0.29) is 13.4 Å².